The minimum Gasteiger partial charge on any atom is -0.493 e. The molecule has 6 heteroatoms. The van der Waals surface area contributed by atoms with Crippen molar-refractivity contribution in [2.24, 2.45) is 0 Å². The average molecular weight is 440 g/mol. The van der Waals surface area contributed by atoms with Gasteiger partial charge in [0, 0.05) is 23.5 Å². The van der Waals surface area contributed by atoms with Crippen LogP contribution in [0.3, 0.4) is 0 Å². The normalized spacial score (nSPS) is 15.0. The van der Waals surface area contributed by atoms with Crippen LogP contribution in [0, 0.1) is 6.92 Å². The lowest BCUT2D eigenvalue weighted by molar-refractivity contribution is -0.116. The topological polar surface area (TPSA) is 65.4 Å². The molecule has 0 spiro atoms. The van der Waals surface area contributed by atoms with E-state index in [2.05, 4.69) is 5.32 Å². The second kappa shape index (κ2) is 8.47. The van der Waals surface area contributed by atoms with Crippen LogP contribution in [0.5, 0.6) is 11.5 Å². The van der Waals surface area contributed by atoms with Gasteiger partial charge in [0.25, 0.3) is 0 Å². The van der Waals surface area contributed by atoms with Gasteiger partial charge in [-0.05, 0) is 36.8 Å². The number of benzene rings is 3. The Bertz CT molecular complexity index is 1310. The fourth-order valence-electron chi connectivity index (χ4n) is 4.39. The van der Waals surface area contributed by atoms with E-state index in [4.69, 9.17) is 14.6 Å². The highest BCUT2D eigenvalue weighted by molar-refractivity contribution is 5.96. The number of hydrogen-bond acceptors (Lipinski definition) is 4. The number of fused-ring (bicyclic) bond motifs is 1. The Labute approximate surface area is 192 Å². The molecule has 4 aromatic rings. The molecule has 33 heavy (non-hydrogen) atoms. The SMILES string of the molecule is COc1ccc([C@@H]2CC(=O)Nc3c2c(-c2ccccc2)nn3-c2ccc(C)cc2)cc1OC. The van der Waals surface area contributed by atoms with E-state index < -0.39 is 0 Å². The zero-order chi connectivity index (χ0) is 22.9. The van der Waals surface area contributed by atoms with E-state index in [1.54, 1.807) is 14.2 Å². The molecule has 0 saturated heterocycles. The van der Waals surface area contributed by atoms with Crippen LogP contribution >= 0.6 is 0 Å². The van der Waals surface area contributed by atoms with Crippen molar-refractivity contribution in [2.75, 3.05) is 19.5 Å². The first-order valence-electron chi connectivity index (χ1n) is 10.9. The number of nitrogens with zero attached hydrogens (tertiary/aromatic N) is 2. The molecule has 6 nitrogen and oxygen atoms in total. The zero-order valence-electron chi connectivity index (χ0n) is 18.8. The number of nitrogens with one attached hydrogen (secondary N) is 1. The van der Waals surface area contributed by atoms with E-state index in [1.165, 1.54) is 0 Å². The highest BCUT2D eigenvalue weighted by Crippen LogP contribution is 2.45. The molecule has 1 aromatic heterocycles. The highest BCUT2D eigenvalue weighted by Gasteiger charge is 2.34. The van der Waals surface area contributed by atoms with Crippen LogP contribution in [0.25, 0.3) is 16.9 Å². The molecule has 1 aliphatic heterocycles. The molecular weight excluding hydrogens is 414 g/mol. The van der Waals surface area contributed by atoms with Crippen molar-refractivity contribution in [3.8, 4) is 28.4 Å². The molecule has 1 atom stereocenters. The van der Waals surface area contributed by atoms with Gasteiger partial charge in [-0.1, -0.05) is 54.1 Å². The van der Waals surface area contributed by atoms with E-state index >= 15 is 0 Å². The number of carbonyl (C=O) groups is 1. The summed E-state index contributed by atoms with van der Waals surface area (Å²) in [5.41, 5.74) is 5.88. The lowest BCUT2D eigenvalue weighted by Crippen LogP contribution is -2.25. The predicted octanol–water partition coefficient (Wildman–Crippen LogP) is 5.34. The van der Waals surface area contributed by atoms with Gasteiger partial charge in [-0.25, -0.2) is 4.68 Å². The number of amides is 1. The van der Waals surface area contributed by atoms with Crippen LogP contribution in [0.4, 0.5) is 5.82 Å². The van der Waals surface area contributed by atoms with Crippen molar-refractivity contribution < 1.29 is 14.3 Å². The van der Waals surface area contributed by atoms with Gasteiger partial charge in [0.1, 0.15) is 5.82 Å². The Morgan fingerprint density at radius 2 is 1.67 bits per heavy atom. The summed E-state index contributed by atoms with van der Waals surface area (Å²) in [7, 11) is 3.23. The number of hydrogen-bond donors (Lipinski definition) is 1. The monoisotopic (exact) mass is 439 g/mol. The van der Waals surface area contributed by atoms with Crippen LogP contribution in [-0.2, 0) is 4.79 Å². The first kappa shape index (κ1) is 20.8. The molecule has 2 heterocycles. The fourth-order valence-corrected chi connectivity index (χ4v) is 4.39. The third-order valence-corrected chi connectivity index (χ3v) is 6.05. The summed E-state index contributed by atoms with van der Waals surface area (Å²) in [6.45, 7) is 2.05. The summed E-state index contributed by atoms with van der Waals surface area (Å²) in [4.78, 5) is 12.9. The number of aromatic nitrogens is 2. The first-order chi connectivity index (χ1) is 16.1. The molecule has 166 valence electrons. The number of carbonyl (C=O) groups excluding carboxylic acids is 1. The van der Waals surface area contributed by atoms with Crippen LogP contribution in [0.15, 0.2) is 72.8 Å². The highest BCUT2D eigenvalue weighted by atomic mass is 16.5. The first-order valence-corrected chi connectivity index (χ1v) is 10.9. The van der Waals surface area contributed by atoms with Gasteiger partial charge in [-0.15, -0.1) is 0 Å². The van der Waals surface area contributed by atoms with Crippen molar-refractivity contribution in [3.63, 3.8) is 0 Å². The Hall–Kier alpha value is -4.06. The molecule has 0 saturated carbocycles. The minimum absolute atomic E-state index is 0.0461. The zero-order valence-corrected chi connectivity index (χ0v) is 18.8. The fraction of sp³-hybridized carbons (Fsp3) is 0.185. The number of rotatable bonds is 5. The Morgan fingerprint density at radius 3 is 2.36 bits per heavy atom. The van der Waals surface area contributed by atoms with Crippen LogP contribution in [0.2, 0.25) is 0 Å². The smallest absolute Gasteiger partial charge is 0.226 e. The van der Waals surface area contributed by atoms with E-state index in [0.29, 0.717) is 23.7 Å². The van der Waals surface area contributed by atoms with Crippen molar-refractivity contribution in [2.45, 2.75) is 19.3 Å². The molecule has 0 unspecified atom stereocenters. The number of methoxy groups -OCH3 is 2. The van der Waals surface area contributed by atoms with Crippen molar-refractivity contribution in [1.29, 1.82) is 0 Å². The molecule has 0 bridgehead atoms. The predicted molar refractivity (Wildman–Crippen MR) is 128 cm³/mol. The molecule has 5 rings (SSSR count). The third-order valence-electron chi connectivity index (χ3n) is 6.05. The van der Waals surface area contributed by atoms with Gasteiger partial charge in [0.05, 0.1) is 25.6 Å². The summed E-state index contributed by atoms with van der Waals surface area (Å²) in [5.74, 6) is 1.77. The van der Waals surface area contributed by atoms with Crippen LogP contribution < -0.4 is 14.8 Å². The van der Waals surface area contributed by atoms with Crippen molar-refractivity contribution in [3.05, 3.63) is 89.5 Å². The van der Waals surface area contributed by atoms with E-state index in [9.17, 15) is 4.79 Å². The molecule has 0 aliphatic carbocycles. The third kappa shape index (κ3) is 3.74. The van der Waals surface area contributed by atoms with E-state index in [-0.39, 0.29) is 11.8 Å². The average Bonchev–Trinajstić information content (AvgIpc) is 3.23. The molecule has 0 radical (unpaired) electrons. The van der Waals surface area contributed by atoms with Gasteiger partial charge >= 0.3 is 0 Å². The summed E-state index contributed by atoms with van der Waals surface area (Å²) in [6, 6.07) is 24.0. The minimum atomic E-state index is -0.178. The number of aryl methyl sites for hydroxylation is 1. The lowest BCUT2D eigenvalue weighted by Gasteiger charge is -2.25. The Balaban J connectivity index is 1.74. The van der Waals surface area contributed by atoms with Gasteiger partial charge < -0.3 is 14.8 Å². The second-order valence-electron chi connectivity index (χ2n) is 8.14. The van der Waals surface area contributed by atoms with Crippen molar-refractivity contribution in [1.82, 2.24) is 9.78 Å². The summed E-state index contributed by atoms with van der Waals surface area (Å²) >= 11 is 0. The van der Waals surface area contributed by atoms with E-state index in [1.807, 2.05) is 84.4 Å². The molecule has 3 aromatic carbocycles. The van der Waals surface area contributed by atoms with Crippen LogP contribution in [-0.4, -0.2) is 29.9 Å². The molecule has 1 N–H and O–H groups in total. The number of anilines is 1. The maximum atomic E-state index is 12.9. The Kier molecular flexibility index (Phi) is 5.34. The van der Waals surface area contributed by atoms with Gasteiger partial charge in [0.15, 0.2) is 11.5 Å². The van der Waals surface area contributed by atoms with Gasteiger partial charge in [-0.2, -0.15) is 5.10 Å². The van der Waals surface area contributed by atoms with Crippen LogP contribution in [0.1, 0.15) is 29.0 Å². The van der Waals surface area contributed by atoms with Gasteiger partial charge in [-0.3, -0.25) is 4.79 Å². The summed E-state index contributed by atoms with van der Waals surface area (Å²) in [6.07, 6.45) is 0.321. The van der Waals surface area contributed by atoms with Gasteiger partial charge in [0.2, 0.25) is 5.91 Å². The standard InChI is InChI=1S/C27H25N3O3/c1-17-9-12-20(13-10-17)30-27-25(26(29-30)18-7-5-4-6-8-18)21(16-24(31)28-27)19-11-14-22(32-2)23(15-19)33-3/h4-15,21H,16H2,1-3H3,(H,28,31)/t21-/m0/s1. The molecule has 1 aliphatic rings. The molecule has 1 amide bonds. The largest absolute Gasteiger partial charge is 0.493 e. The number of ether oxygens (including phenoxy) is 2. The lowest BCUT2D eigenvalue weighted by atomic mass is 9.84. The second-order valence-corrected chi connectivity index (χ2v) is 8.14. The Morgan fingerprint density at radius 1 is 0.939 bits per heavy atom. The quantitative estimate of drug-likeness (QED) is 0.456. The summed E-state index contributed by atoms with van der Waals surface area (Å²) < 4.78 is 12.8. The summed E-state index contributed by atoms with van der Waals surface area (Å²) in [5, 5.41) is 8.08. The maximum Gasteiger partial charge on any atom is 0.226 e. The van der Waals surface area contributed by atoms with E-state index in [0.717, 1.165) is 33.6 Å². The molecule has 0 fully saturated rings. The molecular formula is C27H25N3O3. The maximum absolute atomic E-state index is 12.9. The van der Waals surface area contributed by atoms with Crippen molar-refractivity contribution >= 4 is 11.7 Å².